The number of carbonyl (C=O) groups is 9. The van der Waals surface area contributed by atoms with E-state index in [9.17, 15) is 48.3 Å². The molecule has 9 amide bonds. The van der Waals surface area contributed by atoms with Crippen molar-refractivity contribution < 1.29 is 71.9 Å². The Bertz CT molecular complexity index is 3510. The maximum Gasteiger partial charge on any atom is 0.410 e. The van der Waals surface area contributed by atoms with E-state index in [0.717, 1.165) is 0 Å². The van der Waals surface area contributed by atoms with E-state index in [2.05, 4.69) is 64.0 Å². The van der Waals surface area contributed by atoms with Crippen molar-refractivity contribution in [3.63, 3.8) is 0 Å². The first-order valence-electron chi connectivity index (χ1n) is 36.1. The van der Waals surface area contributed by atoms with E-state index in [0.29, 0.717) is 104 Å². The Labute approximate surface area is 621 Å². The van der Waals surface area contributed by atoms with E-state index in [-0.39, 0.29) is 69.4 Å². The number of aliphatic hydroxyl groups is 1. The lowest BCUT2D eigenvalue weighted by atomic mass is 9.89. The number of methoxy groups -OCH3 is 2. The van der Waals surface area contributed by atoms with Crippen LogP contribution in [0.15, 0.2) is 73.2 Å². The van der Waals surface area contributed by atoms with Gasteiger partial charge in [0.25, 0.3) is 0 Å². The topological polar surface area (TPSA) is 387 Å². The lowest BCUT2D eigenvalue weighted by Gasteiger charge is -2.41. The number of ether oxygens (including phenoxy) is 5. The third-order valence-corrected chi connectivity index (χ3v) is 18.6. The van der Waals surface area contributed by atoms with E-state index in [1.807, 2.05) is 45.9 Å². The maximum absolute atomic E-state index is 14.8. The number of aromatic nitrogens is 5. The third-order valence-electron chi connectivity index (χ3n) is 18.4. The summed E-state index contributed by atoms with van der Waals surface area (Å²) in [7, 11) is 6.11. The Kier molecular flexibility index (Phi) is 37.7. The van der Waals surface area contributed by atoms with Gasteiger partial charge in [-0.25, -0.2) is 14.5 Å². The molecule has 578 valence electrons. The van der Waals surface area contributed by atoms with Gasteiger partial charge in [-0.1, -0.05) is 114 Å². The SMILES string of the molecule is CC[C@H](C)[C@@H]([C@@H](CC(=O)N1CCC[C@H]1[C@H](OC)[C@@H](C)C(=O)N[C@H](C)[C@@H](O)c1ccccc1)OC)N(C)C(=O)[C@@H](NC(=O)[C@H](C(C)C)N(C)C(=O)OCc1ccc(NC(=O)[C@H](CCCCN)NC(=O)COCC(=O)NCCOCCn2cc(CNC(=O)CCCC#Cc3cnc(=S)[nH]c3)nn2)cc1)C(C)C. The van der Waals surface area contributed by atoms with E-state index < -0.39 is 121 Å². The summed E-state index contributed by atoms with van der Waals surface area (Å²) in [6, 6.07) is 10.8. The number of aliphatic hydroxyl groups excluding tert-OH is 1. The second-order valence-electron chi connectivity index (χ2n) is 27.1. The highest BCUT2D eigenvalue weighted by Gasteiger charge is 2.44. The molecule has 30 nitrogen and oxygen atoms in total. The van der Waals surface area contributed by atoms with Crippen molar-refractivity contribution in [1.82, 2.24) is 66.2 Å². The van der Waals surface area contributed by atoms with Crippen LogP contribution in [0.1, 0.15) is 148 Å². The molecule has 2 aromatic heterocycles. The predicted octanol–water partition coefficient (Wildman–Crippen LogP) is 4.86. The second kappa shape index (κ2) is 45.6. The highest BCUT2D eigenvalue weighted by molar-refractivity contribution is 7.71. The number of amides is 9. The molecule has 5 rings (SSSR count). The summed E-state index contributed by atoms with van der Waals surface area (Å²) >= 11 is 4.93. The van der Waals surface area contributed by atoms with Gasteiger partial charge in [-0.3, -0.25) is 43.3 Å². The van der Waals surface area contributed by atoms with Crippen LogP contribution in [0, 0.1) is 40.3 Å². The molecule has 0 spiro atoms. The summed E-state index contributed by atoms with van der Waals surface area (Å²) in [4.78, 5) is 134. The van der Waals surface area contributed by atoms with Crippen LogP contribution in [-0.2, 0) is 81.7 Å². The Hall–Kier alpha value is -8.77. The Morgan fingerprint density at radius 1 is 0.819 bits per heavy atom. The standard InChI is InChI=1S/C74H111N15O15S/c1-13-49(6)66(59(100-11)39-63(93)89-35-22-27-58(89)68(101-12)50(7)69(95)80-51(8)67(94)54-24-17-15-18-25-54)86(9)72(98)64(47(2)3)83-71(97)65(48(4)5)87(10)74(99)104-44-52-29-31-55(32-30-52)81-70(96)57(26-20-21-33-75)82-62(92)46-103-45-61(91)76-34-37-102-38-36-88-43-56(84-85-88)42-77-60(90)28-19-14-16-23-53-40-78-73(105)79-41-53/h15,17-18,24-25,29-32,40-41,43,47-51,57-59,64-68,94H,13-14,19-22,26-28,33-39,42,44-46,75H2,1-12H3,(H,76,91)(H,77,90)(H,80,95)(H,81,96)(H,82,92)(H,83,97)(H,78,79,105)/t49-,50+,51+,57-,58-,59+,64-,65-,66-,67+,68+/m0/s1. The first kappa shape index (κ1) is 86.9. The van der Waals surface area contributed by atoms with Crippen molar-refractivity contribution in [2.45, 2.75) is 194 Å². The van der Waals surface area contributed by atoms with Gasteiger partial charge in [-0.05, 0) is 105 Å². The van der Waals surface area contributed by atoms with Gasteiger partial charge in [0.1, 0.15) is 43.6 Å². The highest BCUT2D eigenvalue weighted by atomic mass is 32.1. The summed E-state index contributed by atoms with van der Waals surface area (Å²) in [5, 5.41) is 36.0. The fourth-order valence-corrected chi connectivity index (χ4v) is 12.5. The number of likely N-dealkylation sites (tertiary alicyclic amines) is 1. The smallest absolute Gasteiger partial charge is 0.410 e. The molecule has 31 heteroatoms. The molecule has 1 saturated heterocycles. The zero-order valence-corrected chi connectivity index (χ0v) is 63.7. The number of rotatable bonds is 44. The van der Waals surface area contributed by atoms with Gasteiger partial charge in [-0.15, -0.1) is 5.10 Å². The summed E-state index contributed by atoms with van der Waals surface area (Å²) in [5.74, 6) is 0.995. The molecule has 2 aromatic carbocycles. The number of nitrogens with one attached hydrogen (secondary N) is 7. The molecule has 1 aliphatic rings. The predicted molar refractivity (Wildman–Crippen MR) is 395 cm³/mol. The maximum atomic E-state index is 14.8. The van der Waals surface area contributed by atoms with Crippen LogP contribution in [0.4, 0.5) is 10.5 Å². The molecule has 10 N–H and O–H groups in total. The molecular formula is C74H111N15O15S. The van der Waals surface area contributed by atoms with Gasteiger partial charge in [0.2, 0.25) is 47.3 Å². The van der Waals surface area contributed by atoms with Crippen LogP contribution in [0.5, 0.6) is 0 Å². The number of carbonyl (C=O) groups excluding carboxylic acids is 9. The van der Waals surface area contributed by atoms with Crippen LogP contribution < -0.4 is 37.6 Å². The quantitative estimate of drug-likeness (QED) is 0.0162. The molecule has 0 bridgehead atoms. The number of likely N-dealkylation sites (N-methyl/N-ethyl adjacent to an activating group) is 2. The van der Waals surface area contributed by atoms with E-state index >= 15 is 0 Å². The molecule has 105 heavy (non-hydrogen) atoms. The number of aromatic amines is 1. The number of H-pyrrole nitrogens is 1. The number of benzene rings is 2. The molecule has 4 aromatic rings. The molecule has 1 fully saturated rings. The van der Waals surface area contributed by atoms with Crippen molar-refractivity contribution >= 4 is 71.3 Å². The number of nitrogens with two attached hydrogens (primary N) is 1. The summed E-state index contributed by atoms with van der Waals surface area (Å²) in [5.41, 5.74) is 8.63. The first-order chi connectivity index (χ1) is 50.2. The normalized spacial score (nSPS) is 15.6. The van der Waals surface area contributed by atoms with Crippen molar-refractivity contribution in [2.24, 2.45) is 29.4 Å². The Morgan fingerprint density at radius 2 is 1.54 bits per heavy atom. The van der Waals surface area contributed by atoms with Crippen molar-refractivity contribution in [3.8, 4) is 11.8 Å². The van der Waals surface area contributed by atoms with Gasteiger partial charge in [0.05, 0.1) is 86.8 Å². The first-order valence-corrected chi connectivity index (χ1v) is 36.5. The van der Waals surface area contributed by atoms with Crippen molar-refractivity contribution in [1.29, 1.82) is 0 Å². The summed E-state index contributed by atoms with van der Waals surface area (Å²) < 4.78 is 30.7. The van der Waals surface area contributed by atoms with Crippen molar-refractivity contribution in [3.05, 3.63) is 100 Å². The minimum Gasteiger partial charge on any atom is -0.445 e. The molecular weight excluding hydrogens is 1370 g/mol. The number of unbranched alkanes of at least 4 members (excludes halogenated alkanes) is 2. The largest absolute Gasteiger partial charge is 0.445 e. The molecule has 0 radical (unpaired) electrons. The third kappa shape index (κ3) is 28.6. The van der Waals surface area contributed by atoms with Gasteiger partial charge in [0.15, 0.2) is 4.77 Å². The molecule has 1 aliphatic heterocycles. The molecule has 11 atom stereocenters. The van der Waals surface area contributed by atoms with E-state index in [1.165, 1.54) is 26.2 Å². The monoisotopic (exact) mass is 1480 g/mol. The average molecular weight is 1480 g/mol. The van der Waals surface area contributed by atoms with Gasteiger partial charge in [-0.2, -0.15) is 0 Å². The number of hydrogen-bond acceptors (Lipinski definition) is 20. The van der Waals surface area contributed by atoms with E-state index in [4.69, 9.17) is 41.6 Å². The van der Waals surface area contributed by atoms with Crippen LogP contribution in [0.3, 0.4) is 0 Å². The fraction of sp³-hybridized carbons (Fsp3) is 0.608. The van der Waals surface area contributed by atoms with Crippen LogP contribution in [0.2, 0.25) is 0 Å². The summed E-state index contributed by atoms with van der Waals surface area (Å²) in [6.45, 7) is 15.5. The zero-order valence-electron chi connectivity index (χ0n) is 62.9. The van der Waals surface area contributed by atoms with Gasteiger partial charge >= 0.3 is 6.09 Å². The number of hydrogen-bond donors (Lipinski definition) is 9. The number of anilines is 1. The molecule has 0 unspecified atom stereocenters. The molecule has 3 heterocycles. The van der Waals surface area contributed by atoms with E-state index in [1.54, 1.807) is 104 Å². The second-order valence-corrected chi connectivity index (χ2v) is 27.5. The Morgan fingerprint density at radius 3 is 2.20 bits per heavy atom. The summed E-state index contributed by atoms with van der Waals surface area (Å²) in [6.07, 6.45) is 6.45. The van der Waals surface area contributed by atoms with Gasteiger partial charge in [0, 0.05) is 72.3 Å². The van der Waals surface area contributed by atoms with Crippen LogP contribution in [0.25, 0.3) is 0 Å². The Balaban J connectivity index is 1.04. The zero-order chi connectivity index (χ0) is 77.1. The van der Waals surface area contributed by atoms with Crippen LogP contribution in [-0.4, -0.2) is 221 Å². The lowest BCUT2D eigenvalue weighted by molar-refractivity contribution is -0.148. The average Bonchev–Trinajstić information content (AvgIpc) is 1.79. The lowest BCUT2D eigenvalue weighted by Crippen LogP contribution is -2.60. The molecule has 0 aliphatic carbocycles. The van der Waals surface area contributed by atoms with Crippen molar-refractivity contribution in [2.75, 3.05) is 79.7 Å². The molecule has 0 saturated carbocycles. The highest BCUT2D eigenvalue weighted by Crippen LogP contribution is 2.31. The number of nitrogens with zero attached hydrogens (tertiary/aromatic N) is 7. The fourth-order valence-electron chi connectivity index (χ4n) is 12.4. The van der Waals surface area contributed by atoms with Gasteiger partial charge < -0.3 is 81.2 Å². The van der Waals surface area contributed by atoms with Crippen LogP contribution >= 0.6 is 12.2 Å². The minimum absolute atomic E-state index is 0.0863. The minimum atomic E-state index is -1.07.